The number of halogens is 1. The number of hydrogen-bond donors (Lipinski definition) is 1. The normalized spacial score (nSPS) is 11.9. The minimum absolute atomic E-state index is 0.0327. The van der Waals surface area contributed by atoms with E-state index >= 15 is 0 Å². The molecule has 0 bridgehead atoms. The van der Waals surface area contributed by atoms with E-state index in [9.17, 15) is 19.2 Å². The highest BCUT2D eigenvalue weighted by atomic mass is 35.5. The molecule has 0 radical (unpaired) electrons. The average Bonchev–Trinajstić information content (AvgIpc) is 3.44. The van der Waals surface area contributed by atoms with Crippen LogP contribution in [-0.4, -0.2) is 56.3 Å². The van der Waals surface area contributed by atoms with Gasteiger partial charge in [0.1, 0.15) is 0 Å². The van der Waals surface area contributed by atoms with Crippen LogP contribution in [-0.2, 0) is 14.3 Å². The van der Waals surface area contributed by atoms with Crippen molar-refractivity contribution in [2.24, 2.45) is 5.41 Å². The summed E-state index contributed by atoms with van der Waals surface area (Å²) >= 11 is 6.99. The zero-order valence-electron chi connectivity index (χ0n) is 24.1. The maximum atomic E-state index is 13.5. The van der Waals surface area contributed by atoms with Gasteiger partial charge >= 0.3 is 5.97 Å². The van der Waals surface area contributed by atoms with E-state index < -0.39 is 34.4 Å². The lowest BCUT2D eigenvalue weighted by atomic mass is 9.87. The Kier molecular flexibility index (Phi) is 9.62. The van der Waals surface area contributed by atoms with E-state index in [2.05, 4.69) is 20.8 Å². The molecule has 1 atom stereocenters. The molecular formula is C30H29ClN6O5S. The predicted octanol–water partition coefficient (Wildman–Crippen LogP) is 5.75. The molecule has 0 fully saturated rings. The first-order valence-electron chi connectivity index (χ1n) is 13.1. The maximum absolute atomic E-state index is 13.5. The number of carbonyl (C=O) groups is 4. The number of ether oxygens (including phenoxy) is 1. The molecule has 2 amide bonds. The Bertz CT molecular complexity index is 1670. The van der Waals surface area contributed by atoms with Crippen molar-refractivity contribution in [1.29, 1.82) is 0 Å². The lowest BCUT2D eigenvalue weighted by Gasteiger charge is -2.25. The molecule has 4 aromatic rings. The number of tetrazole rings is 1. The number of amides is 2. The predicted molar refractivity (Wildman–Crippen MR) is 164 cm³/mol. The van der Waals surface area contributed by atoms with E-state index in [4.69, 9.17) is 16.3 Å². The third-order valence-corrected chi connectivity index (χ3v) is 7.41. The number of Topliss-reactive ketones (excluding diaryl/α,β-unsaturated/α-hetero) is 1. The lowest BCUT2D eigenvalue weighted by molar-refractivity contribution is -0.142. The number of para-hydroxylation sites is 2. The first-order valence-corrected chi connectivity index (χ1v) is 14.3. The van der Waals surface area contributed by atoms with Crippen LogP contribution < -0.4 is 10.2 Å². The number of anilines is 2. The van der Waals surface area contributed by atoms with Crippen molar-refractivity contribution in [3.8, 4) is 5.69 Å². The van der Waals surface area contributed by atoms with Gasteiger partial charge in [0.15, 0.2) is 5.78 Å². The van der Waals surface area contributed by atoms with Gasteiger partial charge in [-0.05, 0) is 59.3 Å². The molecule has 0 aliphatic rings. The van der Waals surface area contributed by atoms with Crippen LogP contribution in [0, 0.1) is 12.3 Å². The van der Waals surface area contributed by atoms with Gasteiger partial charge in [0.2, 0.25) is 11.3 Å². The minimum atomic E-state index is -1.79. The second-order valence-corrected chi connectivity index (χ2v) is 11.9. The number of nitrogens with one attached hydrogen (secondary N) is 1. The number of rotatable bonds is 8. The standard InChI is InChI=1S/C30H29ClN6O5S/c1-18-15-16-21(31)22(17-18)32-26(39)24(25(38)30(2,3)4)42-27(40)20-13-9-10-14-23(20)36(5)29(41)43-28-33-34-35-37(28)19-11-7-6-8-12-19/h6-17,24H,1-5H3,(H,32,39). The molecule has 1 unspecified atom stereocenters. The smallest absolute Gasteiger partial charge is 0.341 e. The molecular weight excluding hydrogens is 592 g/mol. The van der Waals surface area contributed by atoms with Crippen LogP contribution in [0.15, 0.2) is 78.0 Å². The van der Waals surface area contributed by atoms with Crippen LogP contribution in [0.5, 0.6) is 0 Å². The van der Waals surface area contributed by atoms with Crippen molar-refractivity contribution in [3.63, 3.8) is 0 Å². The minimum Gasteiger partial charge on any atom is -0.440 e. The molecule has 0 spiro atoms. The summed E-state index contributed by atoms with van der Waals surface area (Å²) in [6.07, 6.45) is -1.79. The Balaban J connectivity index is 1.58. The second-order valence-electron chi connectivity index (χ2n) is 10.5. The van der Waals surface area contributed by atoms with E-state index in [0.717, 1.165) is 17.3 Å². The second kappa shape index (κ2) is 13.2. The summed E-state index contributed by atoms with van der Waals surface area (Å²) in [4.78, 5) is 54.7. The van der Waals surface area contributed by atoms with Gasteiger partial charge in [-0.2, -0.15) is 4.68 Å². The number of ketones is 1. The first kappa shape index (κ1) is 31.4. The van der Waals surface area contributed by atoms with Crippen molar-refractivity contribution in [2.75, 3.05) is 17.3 Å². The topological polar surface area (TPSA) is 136 Å². The number of carbonyl (C=O) groups excluding carboxylic acids is 4. The van der Waals surface area contributed by atoms with Crippen molar-refractivity contribution >= 4 is 57.6 Å². The van der Waals surface area contributed by atoms with E-state index in [1.165, 1.54) is 22.7 Å². The Morgan fingerprint density at radius 3 is 2.37 bits per heavy atom. The summed E-state index contributed by atoms with van der Waals surface area (Å²) in [5.41, 5.74) is 0.893. The molecule has 0 aliphatic carbocycles. The number of hydrogen-bond acceptors (Lipinski definition) is 9. The van der Waals surface area contributed by atoms with Gasteiger partial charge in [0.25, 0.3) is 11.1 Å². The molecule has 1 heterocycles. The fourth-order valence-electron chi connectivity index (χ4n) is 3.88. The van der Waals surface area contributed by atoms with E-state index in [1.807, 2.05) is 25.1 Å². The largest absolute Gasteiger partial charge is 0.440 e. The summed E-state index contributed by atoms with van der Waals surface area (Å²) < 4.78 is 6.97. The monoisotopic (exact) mass is 620 g/mol. The summed E-state index contributed by atoms with van der Waals surface area (Å²) in [5.74, 6) is -2.44. The Hall–Kier alpha value is -4.55. The highest BCUT2D eigenvalue weighted by Crippen LogP contribution is 2.29. The van der Waals surface area contributed by atoms with Gasteiger partial charge in [-0.15, -0.1) is 5.10 Å². The summed E-state index contributed by atoms with van der Waals surface area (Å²) in [5, 5.41) is 14.2. The van der Waals surface area contributed by atoms with Crippen LogP contribution in [0.1, 0.15) is 36.7 Å². The number of aryl methyl sites for hydroxylation is 1. The molecule has 11 nitrogen and oxygen atoms in total. The molecule has 0 saturated carbocycles. The first-order chi connectivity index (χ1) is 20.4. The zero-order valence-corrected chi connectivity index (χ0v) is 25.6. The van der Waals surface area contributed by atoms with Crippen LogP contribution >= 0.6 is 23.4 Å². The molecule has 43 heavy (non-hydrogen) atoms. The van der Waals surface area contributed by atoms with Crippen LogP contribution in [0.4, 0.5) is 16.2 Å². The van der Waals surface area contributed by atoms with Gasteiger partial charge in [0, 0.05) is 24.2 Å². The Labute approximate surface area is 257 Å². The van der Waals surface area contributed by atoms with E-state index in [1.54, 1.807) is 69.3 Å². The fraction of sp³-hybridized carbons (Fsp3) is 0.233. The third-order valence-electron chi connectivity index (χ3n) is 6.20. The van der Waals surface area contributed by atoms with Crippen molar-refractivity contribution in [1.82, 2.24) is 20.2 Å². The van der Waals surface area contributed by atoms with Gasteiger partial charge in [-0.1, -0.05) is 68.8 Å². The summed E-state index contributed by atoms with van der Waals surface area (Å²) in [6.45, 7) is 6.66. The van der Waals surface area contributed by atoms with Gasteiger partial charge < -0.3 is 15.0 Å². The Morgan fingerprint density at radius 2 is 1.67 bits per heavy atom. The number of aromatic nitrogens is 4. The van der Waals surface area contributed by atoms with Crippen LogP contribution in [0.25, 0.3) is 5.69 Å². The lowest BCUT2D eigenvalue weighted by Crippen LogP contribution is -2.44. The van der Waals surface area contributed by atoms with Gasteiger partial charge in [0.05, 0.1) is 27.6 Å². The number of nitrogens with zero attached hydrogens (tertiary/aromatic N) is 5. The molecule has 4 rings (SSSR count). The molecule has 0 saturated heterocycles. The maximum Gasteiger partial charge on any atom is 0.341 e. The molecule has 1 N–H and O–H groups in total. The van der Waals surface area contributed by atoms with E-state index in [-0.39, 0.29) is 27.1 Å². The quantitative estimate of drug-likeness (QED) is 0.148. The zero-order chi connectivity index (χ0) is 31.3. The van der Waals surface area contributed by atoms with Crippen molar-refractivity contribution < 1.29 is 23.9 Å². The van der Waals surface area contributed by atoms with Gasteiger partial charge in [-0.25, -0.2) is 4.79 Å². The number of benzene rings is 3. The third kappa shape index (κ3) is 7.46. The number of thioether (sulfide) groups is 1. The highest BCUT2D eigenvalue weighted by Gasteiger charge is 2.39. The summed E-state index contributed by atoms with van der Waals surface area (Å²) in [6, 6.07) is 20.3. The van der Waals surface area contributed by atoms with Gasteiger partial charge in [-0.3, -0.25) is 14.4 Å². The van der Waals surface area contributed by atoms with Crippen LogP contribution in [0.3, 0.4) is 0 Å². The molecule has 222 valence electrons. The SMILES string of the molecule is Cc1ccc(Cl)c(NC(=O)C(OC(=O)c2ccccc2N(C)C(=O)Sc2nnnn2-c2ccccc2)C(=O)C(C)(C)C)c1. The average molecular weight is 621 g/mol. The Morgan fingerprint density at radius 1 is 1.00 bits per heavy atom. The van der Waals surface area contributed by atoms with Crippen molar-refractivity contribution in [2.45, 2.75) is 39.0 Å². The molecule has 3 aromatic carbocycles. The van der Waals surface area contributed by atoms with Crippen molar-refractivity contribution in [3.05, 3.63) is 88.9 Å². The molecule has 0 aliphatic heterocycles. The molecule has 1 aromatic heterocycles. The van der Waals surface area contributed by atoms with Crippen LogP contribution in [0.2, 0.25) is 5.02 Å². The molecule has 13 heteroatoms. The highest BCUT2D eigenvalue weighted by molar-refractivity contribution is 8.13. The summed E-state index contributed by atoms with van der Waals surface area (Å²) in [7, 11) is 1.47. The number of esters is 1. The fourth-order valence-corrected chi connectivity index (χ4v) is 4.74. The van der Waals surface area contributed by atoms with E-state index in [0.29, 0.717) is 5.69 Å².